The molecule has 4 bridgehead atoms. The van der Waals surface area contributed by atoms with E-state index >= 15 is 0 Å². The standard InChI is InChI=1S/C27H27NO2S/c1-31(2,30)28-27(29)26-24-16-13-22-10-8-21(9-11-22)12-15-23(17-18-24)25(26)19-14-20-6-4-3-5-7-20/h3-11,14,17-19H,12-13,15-16H2,1-2H3/b19-14+. The van der Waals surface area contributed by atoms with E-state index in [0.29, 0.717) is 5.56 Å². The lowest BCUT2D eigenvalue weighted by Gasteiger charge is -2.17. The van der Waals surface area contributed by atoms with Crippen LogP contribution in [0, 0.1) is 0 Å². The largest absolute Gasteiger partial charge is 0.285 e. The van der Waals surface area contributed by atoms with Gasteiger partial charge in [-0.1, -0.05) is 78.9 Å². The average molecular weight is 430 g/mol. The lowest BCUT2D eigenvalue weighted by Crippen LogP contribution is -2.11. The van der Waals surface area contributed by atoms with Crippen molar-refractivity contribution in [2.24, 2.45) is 4.36 Å². The summed E-state index contributed by atoms with van der Waals surface area (Å²) in [7, 11) is -2.55. The molecule has 4 aliphatic rings. The maximum atomic E-state index is 13.3. The van der Waals surface area contributed by atoms with Crippen LogP contribution in [-0.4, -0.2) is 22.6 Å². The average Bonchev–Trinajstić information content (AvgIpc) is 2.73. The van der Waals surface area contributed by atoms with Gasteiger partial charge in [-0.15, -0.1) is 0 Å². The Morgan fingerprint density at radius 1 is 0.774 bits per heavy atom. The number of aryl methyl sites for hydroxylation is 4. The molecule has 0 unspecified atom stereocenters. The third-order valence-corrected chi connectivity index (χ3v) is 6.18. The maximum Gasteiger partial charge on any atom is 0.285 e. The molecule has 0 aliphatic heterocycles. The third kappa shape index (κ3) is 5.39. The molecule has 31 heavy (non-hydrogen) atoms. The van der Waals surface area contributed by atoms with Crippen molar-refractivity contribution in [3.05, 3.63) is 106 Å². The van der Waals surface area contributed by atoms with Gasteiger partial charge in [-0.3, -0.25) is 4.79 Å². The van der Waals surface area contributed by atoms with E-state index in [9.17, 15) is 9.00 Å². The Kier molecular flexibility index (Phi) is 6.19. The normalized spacial score (nSPS) is 13.7. The van der Waals surface area contributed by atoms with Crippen molar-refractivity contribution in [3.63, 3.8) is 0 Å². The molecule has 4 heteroatoms. The molecule has 0 fully saturated rings. The van der Waals surface area contributed by atoms with Crippen LogP contribution in [0.25, 0.3) is 12.2 Å². The molecule has 0 saturated carbocycles. The van der Waals surface area contributed by atoms with Crippen LogP contribution in [0.1, 0.15) is 43.7 Å². The highest BCUT2D eigenvalue weighted by atomic mass is 32.2. The summed E-state index contributed by atoms with van der Waals surface area (Å²) >= 11 is 0. The zero-order valence-corrected chi connectivity index (χ0v) is 18.8. The van der Waals surface area contributed by atoms with Gasteiger partial charge < -0.3 is 0 Å². The molecule has 158 valence electrons. The summed E-state index contributed by atoms with van der Waals surface area (Å²) in [4.78, 5) is 13.3. The Labute approximate surface area is 185 Å². The highest BCUT2D eigenvalue weighted by Gasteiger charge is 2.19. The number of hydrogen-bond donors (Lipinski definition) is 0. The van der Waals surface area contributed by atoms with Crippen molar-refractivity contribution in [1.29, 1.82) is 0 Å². The molecule has 7 rings (SSSR count). The molecule has 3 aromatic carbocycles. The molecule has 0 saturated heterocycles. The van der Waals surface area contributed by atoms with Gasteiger partial charge in [-0.05, 0) is 59.1 Å². The highest BCUT2D eigenvalue weighted by molar-refractivity contribution is 7.92. The minimum Gasteiger partial charge on any atom is -0.266 e. The second kappa shape index (κ2) is 9.03. The zero-order valence-electron chi connectivity index (χ0n) is 18.0. The van der Waals surface area contributed by atoms with Gasteiger partial charge in [0.05, 0.1) is 5.56 Å². The third-order valence-electron chi connectivity index (χ3n) is 5.57. The summed E-state index contributed by atoms with van der Waals surface area (Å²) < 4.78 is 16.4. The van der Waals surface area contributed by atoms with E-state index in [1.165, 1.54) is 23.6 Å². The maximum absolute atomic E-state index is 13.3. The topological polar surface area (TPSA) is 46.5 Å². The molecular formula is C27H27NO2S. The number of amides is 1. The van der Waals surface area contributed by atoms with Crippen LogP contribution in [0.4, 0.5) is 0 Å². The summed E-state index contributed by atoms with van der Waals surface area (Å²) in [5.41, 5.74) is 7.16. The molecule has 0 spiro atoms. The van der Waals surface area contributed by atoms with Gasteiger partial charge in [-0.2, -0.15) is 4.36 Å². The van der Waals surface area contributed by atoms with Crippen molar-refractivity contribution in [1.82, 2.24) is 0 Å². The van der Waals surface area contributed by atoms with E-state index in [0.717, 1.165) is 47.9 Å². The van der Waals surface area contributed by atoms with Crippen LogP contribution in [0.2, 0.25) is 0 Å². The van der Waals surface area contributed by atoms with Gasteiger partial charge in [0.15, 0.2) is 0 Å². The molecule has 3 nitrogen and oxygen atoms in total. The molecule has 1 amide bonds. The quantitative estimate of drug-likeness (QED) is 0.508. The van der Waals surface area contributed by atoms with Crippen molar-refractivity contribution in [2.75, 3.05) is 12.5 Å². The number of hydrogen-bond acceptors (Lipinski definition) is 2. The molecule has 4 aliphatic carbocycles. The van der Waals surface area contributed by atoms with Gasteiger partial charge in [0.1, 0.15) is 0 Å². The van der Waals surface area contributed by atoms with E-state index in [2.05, 4.69) is 40.8 Å². The monoisotopic (exact) mass is 429 g/mol. The summed E-state index contributed by atoms with van der Waals surface area (Å²) in [5.74, 6) is -0.384. The van der Waals surface area contributed by atoms with E-state index in [1.807, 2.05) is 42.5 Å². The van der Waals surface area contributed by atoms with Crippen LogP contribution in [-0.2, 0) is 35.4 Å². The minimum absolute atomic E-state index is 0.384. The van der Waals surface area contributed by atoms with Gasteiger partial charge in [0.25, 0.3) is 5.91 Å². The molecule has 0 atom stereocenters. The van der Waals surface area contributed by atoms with Crippen molar-refractivity contribution >= 4 is 27.8 Å². The number of carbonyl (C=O) groups is 1. The van der Waals surface area contributed by atoms with E-state index in [-0.39, 0.29) is 5.91 Å². The Morgan fingerprint density at radius 2 is 1.35 bits per heavy atom. The van der Waals surface area contributed by atoms with Crippen LogP contribution in [0.15, 0.2) is 71.1 Å². The molecule has 0 N–H and O–H groups in total. The van der Waals surface area contributed by atoms with Crippen molar-refractivity contribution in [3.8, 4) is 0 Å². The molecule has 0 radical (unpaired) electrons. The predicted molar refractivity (Wildman–Crippen MR) is 130 cm³/mol. The Morgan fingerprint density at radius 3 is 1.97 bits per heavy atom. The number of carbonyl (C=O) groups excluding carboxylic acids is 1. The van der Waals surface area contributed by atoms with Crippen LogP contribution in [0.5, 0.6) is 0 Å². The van der Waals surface area contributed by atoms with Gasteiger partial charge in [0, 0.05) is 22.2 Å². The summed E-state index contributed by atoms with van der Waals surface area (Å²) in [6.45, 7) is 0. The van der Waals surface area contributed by atoms with Crippen LogP contribution < -0.4 is 0 Å². The molecular weight excluding hydrogens is 402 g/mol. The number of nitrogens with zero attached hydrogens (tertiary/aromatic N) is 1. The second-order valence-electron chi connectivity index (χ2n) is 8.31. The lowest BCUT2D eigenvalue weighted by molar-refractivity contribution is 0.100. The SMILES string of the molecule is CS(C)(=O)=NC(=O)c1c2ccc(c1/C=C/c1ccccc1)CCc1ccc(cc1)CC2. The first-order chi connectivity index (χ1) is 14.9. The van der Waals surface area contributed by atoms with Crippen LogP contribution >= 0.6 is 0 Å². The van der Waals surface area contributed by atoms with Crippen molar-refractivity contribution in [2.45, 2.75) is 25.7 Å². The zero-order chi connectivity index (χ0) is 21.8. The fourth-order valence-corrected chi connectivity index (χ4v) is 4.49. The number of rotatable bonds is 3. The van der Waals surface area contributed by atoms with Crippen molar-refractivity contribution < 1.29 is 9.00 Å². The Bertz CT molecular complexity index is 1240. The summed E-state index contributed by atoms with van der Waals surface area (Å²) in [6.07, 6.45) is 10.4. The smallest absolute Gasteiger partial charge is 0.266 e. The fraction of sp³-hybridized carbons (Fsp3) is 0.222. The Hall–Kier alpha value is -2.98. The lowest BCUT2D eigenvalue weighted by atomic mass is 9.88. The Balaban J connectivity index is 1.88. The first-order valence-electron chi connectivity index (χ1n) is 10.6. The molecule has 3 aromatic rings. The number of benzene rings is 3. The predicted octanol–water partition coefficient (Wildman–Crippen LogP) is 5.61. The van der Waals surface area contributed by atoms with Gasteiger partial charge in [-0.25, -0.2) is 4.21 Å². The first kappa shape index (κ1) is 21.3. The summed E-state index contributed by atoms with van der Waals surface area (Å²) in [6, 6.07) is 23.0. The molecule has 0 aromatic heterocycles. The molecule has 0 heterocycles. The second-order valence-corrected chi connectivity index (χ2v) is 10.9. The summed E-state index contributed by atoms with van der Waals surface area (Å²) in [5, 5.41) is 0. The van der Waals surface area contributed by atoms with Gasteiger partial charge >= 0.3 is 0 Å². The van der Waals surface area contributed by atoms with Gasteiger partial charge in [0.2, 0.25) is 0 Å². The van der Waals surface area contributed by atoms with E-state index in [1.54, 1.807) is 0 Å². The minimum atomic E-state index is -2.55. The fourth-order valence-electron chi connectivity index (χ4n) is 4.00. The first-order valence-corrected chi connectivity index (χ1v) is 12.9. The van der Waals surface area contributed by atoms with E-state index in [4.69, 9.17) is 0 Å². The van der Waals surface area contributed by atoms with Crippen LogP contribution in [0.3, 0.4) is 0 Å². The van der Waals surface area contributed by atoms with E-state index < -0.39 is 9.73 Å². The highest BCUT2D eigenvalue weighted by Crippen LogP contribution is 2.27.